The Morgan fingerprint density at radius 3 is 2.52 bits per heavy atom. The van der Waals surface area contributed by atoms with Crippen molar-refractivity contribution in [2.24, 2.45) is 23.9 Å². The molecule has 0 N–H and O–H groups in total. The van der Waals surface area contributed by atoms with Crippen LogP contribution in [0.4, 0.5) is 5.82 Å². The quantitative estimate of drug-likeness (QED) is 0.189. The summed E-state index contributed by atoms with van der Waals surface area (Å²) in [7, 11) is 3.93. The SMILES string of the molecule is CC/C=C\C/C=C\C(C)C(CN(C)CC)C(=O)N1CCN(c2ccc(C=N/C(=C\n3cc(C#N)cn3)c3cnn(C)c3)cn2)CC1. The van der Waals surface area contributed by atoms with Crippen LogP contribution in [0.15, 0.2) is 72.4 Å². The molecule has 0 radical (unpaired) electrons. The molecule has 1 saturated heterocycles. The van der Waals surface area contributed by atoms with E-state index in [2.05, 4.69) is 78.2 Å². The first-order valence-corrected chi connectivity index (χ1v) is 16.0. The molecule has 0 aliphatic carbocycles. The van der Waals surface area contributed by atoms with Crippen molar-refractivity contribution in [3.05, 3.63) is 84.1 Å². The molecule has 0 bridgehead atoms. The Morgan fingerprint density at radius 2 is 1.89 bits per heavy atom. The second-order valence-electron chi connectivity index (χ2n) is 11.6. The smallest absolute Gasteiger partial charge is 0.227 e. The Labute approximate surface area is 272 Å². The van der Waals surface area contributed by atoms with Gasteiger partial charge in [-0.3, -0.25) is 14.5 Å². The molecular weight excluding hydrogens is 576 g/mol. The lowest BCUT2D eigenvalue weighted by atomic mass is 9.91. The Bertz CT molecular complexity index is 1560. The molecular formula is C35H46N10O. The molecule has 11 heteroatoms. The van der Waals surface area contributed by atoms with E-state index >= 15 is 0 Å². The average molecular weight is 623 g/mol. The van der Waals surface area contributed by atoms with E-state index in [4.69, 9.17) is 15.2 Å². The molecule has 2 unspecified atom stereocenters. The van der Waals surface area contributed by atoms with Crippen LogP contribution in [0.25, 0.3) is 11.9 Å². The number of allylic oxidation sites excluding steroid dienone is 4. The number of hydrogen-bond donors (Lipinski definition) is 0. The topological polar surface area (TPSA) is 111 Å². The lowest BCUT2D eigenvalue weighted by Crippen LogP contribution is -2.52. The van der Waals surface area contributed by atoms with Crippen LogP contribution >= 0.6 is 0 Å². The Balaban J connectivity index is 1.38. The first kappa shape index (κ1) is 34.1. The van der Waals surface area contributed by atoms with E-state index in [1.54, 1.807) is 40.4 Å². The van der Waals surface area contributed by atoms with E-state index in [1.165, 1.54) is 6.20 Å². The Hall–Kier alpha value is -4.82. The van der Waals surface area contributed by atoms with Gasteiger partial charge in [0, 0.05) is 75.7 Å². The number of pyridine rings is 1. The Kier molecular flexibility index (Phi) is 12.6. The molecule has 1 aliphatic rings. The van der Waals surface area contributed by atoms with Gasteiger partial charge in [0.05, 0.1) is 35.8 Å². The van der Waals surface area contributed by atoms with E-state index in [9.17, 15) is 4.79 Å². The summed E-state index contributed by atoms with van der Waals surface area (Å²) in [6.07, 6.45) is 22.7. The molecule has 0 saturated carbocycles. The summed E-state index contributed by atoms with van der Waals surface area (Å²) in [4.78, 5) is 29.6. The normalized spacial score (nSPS) is 15.8. The number of rotatable bonds is 14. The van der Waals surface area contributed by atoms with Crippen LogP contribution in [-0.4, -0.2) is 92.8 Å². The van der Waals surface area contributed by atoms with E-state index in [0.717, 1.165) is 56.0 Å². The van der Waals surface area contributed by atoms with Gasteiger partial charge in [-0.2, -0.15) is 15.5 Å². The number of anilines is 1. The van der Waals surface area contributed by atoms with Crippen LogP contribution in [-0.2, 0) is 11.8 Å². The maximum Gasteiger partial charge on any atom is 0.227 e. The van der Waals surface area contributed by atoms with Crippen molar-refractivity contribution in [2.45, 2.75) is 33.6 Å². The molecule has 0 spiro atoms. The molecule has 2 atom stereocenters. The summed E-state index contributed by atoms with van der Waals surface area (Å²) in [5, 5.41) is 17.6. The van der Waals surface area contributed by atoms with Crippen molar-refractivity contribution in [1.82, 2.24) is 34.3 Å². The summed E-state index contributed by atoms with van der Waals surface area (Å²) in [5.41, 5.74) is 2.79. The number of aryl methyl sites for hydroxylation is 1. The van der Waals surface area contributed by atoms with Gasteiger partial charge in [-0.25, -0.2) is 9.67 Å². The van der Waals surface area contributed by atoms with E-state index in [0.29, 0.717) is 24.4 Å². The van der Waals surface area contributed by atoms with Gasteiger partial charge in [-0.1, -0.05) is 45.1 Å². The fourth-order valence-corrected chi connectivity index (χ4v) is 5.23. The lowest BCUT2D eigenvalue weighted by Gasteiger charge is -2.38. The lowest BCUT2D eigenvalue weighted by molar-refractivity contribution is -0.137. The zero-order valence-electron chi connectivity index (χ0n) is 27.7. The number of carbonyl (C=O) groups is 1. The van der Waals surface area contributed by atoms with Crippen LogP contribution in [0.5, 0.6) is 0 Å². The van der Waals surface area contributed by atoms with Gasteiger partial charge in [0.15, 0.2) is 0 Å². The number of hydrogen-bond acceptors (Lipinski definition) is 8. The average Bonchev–Trinajstić information content (AvgIpc) is 3.73. The van der Waals surface area contributed by atoms with Gasteiger partial charge >= 0.3 is 0 Å². The first-order valence-electron chi connectivity index (χ1n) is 16.0. The van der Waals surface area contributed by atoms with Gasteiger partial charge in [0.1, 0.15) is 11.9 Å². The predicted octanol–water partition coefficient (Wildman–Crippen LogP) is 4.72. The van der Waals surface area contributed by atoms with Gasteiger partial charge in [-0.15, -0.1) is 0 Å². The number of nitrogens with zero attached hydrogens (tertiary/aromatic N) is 10. The minimum absolute atomic E-state index is 0.0769. The standard InChI is InChI=1S/C35H46N10O/c1-6-8-9-10-11-12-28(3)32(26-41(4)7-2)35(46)44-17-15-43(16-18-44)34-14-13-29(21-38-34)20-37-33(31-23-39-42(5)25-31)27-45-24-30(19-36)22-40-45/h8-9,11-14,20-25,27-28,32H,6-7,10,15-18,26H2,1-5H3/b9-8-,12-11-,33-27-,37-20?. The van der Waals surface area contributed by atoms with Crippen LogP contribution in [0.2, 0.25) is 0 Å². The minimum Gasteiger partial charge on any atom is -0.353 e. The van der Waals surface area contributed by atoms with Crippen LogP contribution in [0.1, 0.15) is 50.3 Å². The summed E-state index contributed by atoms with van der Waals surface area (Å²) in [5.74, 6) is 1.20. The van der Waals surface area contributed by atoms with Crippen molar-refractivity contribution in [3.8, 4) is 6.07 Å². The molecule has 1 fully saturated rings. The molecule has 3 aromatic heterocycles. The van der Waals surface area contributed by atoms with Crippen molar-refractivity contribution in [1.29, 1.82) is 5.26 Å². The number of carbonyl (C=O) groups excluding carboxylic acids is 1. The molecule has 242 valence electrons. The number of amides is 1. The van der Waals surface area contributed by atoms with E-state index in [1.807, 2.05) is 30.3 Å². The van der Waals surface area contributed by atoms with Gasteiger partial charge in [0.25, 0.3) is 0 Å². The molecule has 3 aromatic rings. The third-order valence-electron chi connectivity index (χ3n) is 8.14. The zero-order chi connectivity index (χ0) is 32.9. The minimum atomic E-state index is -0.0769. The van der Waals surface area contributed by atoms with Crippen molar-refractivity contribution in [2.75, 3.05) is 51.2 Å². The largest absolute Gasteiger partial charge is 0.353 e. The number of aromatic nitrogens is 5. The molecule has 1 aliphatic heterocycles. The summed E-state index contributed by atoms with van der Waals surface area (Å²) in [6, 6.07) is 6.08. The highest BCUT2D eigenvalue weighted by Crippen LogP contribution is 2.22. The third kappa shape index (κ3) is 9.59. The van der Waals surface area contributed by atoms with E-state index < -0.39 is 0 Å². The Morgan fingerprint density at radius 1 is 1.09 bits per heavy atom. The molecule has 4 rings (SSSR count). The summed E-state index contributed by atoms with van der Waals surface area (Å²) in [6.45, 7) is 10.9. The fourth-order valence-electron chi connectivity index (χ4n) is 5.23. The molecule has 46 heavy (non-hydrogen) atoms. The zero-order valence-corrected chi connectivity index (χ0v) is 27.7. The van der Waals surface area contributed by atoms with Crippen molar-refractivity contribution < 1.29 is 4.79 Å². The molecule has 0 aromatic carbocycles. The van der Waals surface area contributed by atoms with Gasteiger partial charge in [0.2, 0.25) is 5.91 Å². The number of nitriles is 1. The summed E-state index contributed by atoms with van der Waals surface area (Å²) < 4.78 is 3.28. The molecule has 1 amide bonds. The fraction of sp³-hybridized carbons (Fsp3) is 0.429. The first-order chi connectivity index (χ1) is 22.3. The highest BCUT2D eigenvalue weighted by Gasteiger charge is 2.31. The van der Waals surface area contributed by atoms with Crippen LogP contribution in [0, 0.1) is 23.2 Å². The van der Waals surface area contributed by atoms with Crippen molar-refractivity contribution >= 4 is 29.8 Å². The van der Waals surface area contributed by atoms with Crippen LogP contribution < -0.4 is 4.90 Å². The summed E-state index contributed by atoms with van der Waals surface area (Å²) >= 11 is 0. The third-order valence-corrected chi connectivity index (χ3v) is 8.14. The molecule has 4 heterocycles. The molecule has 11 nitrogen and oxygen atoms in total. The maximum atomic E-state index is 13.8. The van der Waals surface area contributed by atoms with Gasteiger partial charge in [-0.05, 0) is 44.5 Å². The van der Waals surface area contributed by atoms with Gasteiger partial charge < -0.3 is 14.7 Å². The van der Waals surface area contributed by atoms with Crippen molar-refractivity contribution in [3.63, 3.8) is 0 Å². The second-order valence-corrected chi connectivity index (χ2v) is 11.6. The highest BCUT2D eigenvalue weighted by molar-refractivity contribution is 5.87. The maximum absolute atomic E-state index is 13.8. The highest BCUT2D eigenvalue weighted by atomic mass is 16.2. The second kappa shape index (κ2) is 17.0. The predicted molar refractivity (Wildman–Crippen MR) is 184 cm³/mol. The number of aliphatic imine (C=N–C) groups is 1. The van der Waals surface area contributed by atoms with E-state index in [-0.39, 0.29) is 17.7 Å². The number of piperazine rings is 1. The monoisotopic (exact) mass is 622 g/mol. The van der Waals surface area contributed by atoms with Crippen LogP contribution in [0.3, 0.4) is 0 Å².